The van der Waals surface area contributed by atoms with Crippen molar-refractivity contribution < 1.29 is 14.7 Å². The number of carboxylic acid groups (broad SMARTS) is 1. The SMILES string of the molecule is O=C(O)c1ccc(NC(=O)N(CC2CC2)C2CC2)cc1Cl. The molecule has 2 amide bonds. The van der Waals surface area contributed by atoms with Crippen molar-refractivity contribution in [2.45, 2.75) is 31.7 Å². The molecule has 112 valence electrons. The molecule has 0 aromatic heterocycles. The van der Waals surface area contributed by atoms with Crippen LogP contribution in [0, 0.1) is 5.92 Å². The second-order valence-corrected chi connectivity index (χ2v) is 6.16. The standard InChI is InChI=1S/C15H17ClN2O3/c16-13-7-10(3-6-12(13)14(19)20)17-15(21)18(11-4-5-11)8-9-1-2-9/h3,6-7,9,11H,1-2,4-5,8H2,(H,17,21)(H,19,20). The van der Waals surface area contributed by atoms with E-state index in [0.29, 0.717) is 17.6 Å². The molecule has 5 nitrogen and oxygen atoms in total. The second kappa shape index (κ2) is 5.56. The molecular weight excluding hydrogens is 292 g/mol. The lowest BCUT2D eigenvalue weighted by Gasteiger charge is -2.22. The van der Waals surface area contributed by atoms with Gasteiger partial charge in [-0.15, -0.1) is 0 Å². The summed E-state index contributed by atoms with van der Waals surface area (Å²) in [6.07, 6.45) is 4.54. The lowest BCUT2D eigenvalue weighted by Crippen LogP contribution is -2.38. The predicted molar refractivity (Wildman–Crippen MR) is 79.9 cm³/mol. The first-order valence-electron chi connectivity index (χ1n) is 7.15. The Bertz CT molecular complexity index is 582. The van der Waals surface area contributed by atoms with E-state index < -0.39 is 5.97 Å². The number of aromatic carboxylic acids is 1. The van der Waals surface area contributed by atoms with Crippen LogP contribution in [0.5, 0.6) is 0 Å². The molecule has 6 heteroatoms. The fourth-order valence-corrected chi connectivity index (χ4v) is 2.59. The Labute approximate surface area is 127 Å². The zero-order valence-corrected chi connectivity index (χ0v) is 12.3. The average molecular weight is 309 g/mol. The number of carboxylic acids is 1. The summed E-state index contributed by atoms with van der Waals surface area (Å²) in [6, 6.07) is 4.69. The molecule has 1 aromatic rings. The van der Waals surface area contributed by atoms with Crippen LogP contribution in [0.3, 0.4) is 0 Å². The largest absolute Gasteiger partial charge is 0.478 e. The number of nitrogens with zero attached hydrogens (tertiary/aromatic N) is 1. The van der Waals surface area contributed by atoms with Gasteiger partial charge in [0.25, 0.3) is 0 Å². The molecule has 2 aliphatic carbocycles. The molecule has 0 radical (unpaired) electrons. The van der Waals surface area contributed by atoms with Gasteiger partial charge in [0.1, 0.15) is 0 Å². The van der Waals surface area contributed by atoms with Crippen LogP contribution in [-0.2, 0) is 0 Å². The van der Waals surface area contributed by atoms with Crippen molar-refractivity contribution in [3.05, 3.63) is 28.8 Å². The van der Waals surface area contributed by atoms with E-state index in [4.69, 9.17) is 16.7 Å². The number of carbonyl (C=O) groups is 2. The van der Waals surface area contributed by atoms with Crippen molar-refractivity contribution in [2.75, 3.05) is 11.9 Å². The predicted octanol–water partition coefficient (Wildman–Crippen LogP) is 3.44. The number of amides is 2. The van der Waals surface area contributed by atoms with Crippen LogP contribution < -0.4 is 5.32 Å². The first kappa shape index (κ1) is 14.2. The molecule has 0 unspecified atom stereocenters. The Balaban J connectivity index is 1.68. The number of urea groups is 1. The van der Waals surface area contributed by atoms with E-state index in [0.717, 1.165) is 19.4 Å². The van der Waals surface area contributed by atoms with Crippen molar-refractivity contribution in [1.29, 1.82) is 0 Å². The summed E-state index contributed by atoms with van der Waals surface area (Å²) in [6.45, 7) is 0.817. The molecule has 1 aromatic carbocycles. The summed E-state index contributed by atoms with van der Waals surface area (Å²) < 4.78 is 0. The van der Waals surface area contributed by atoms with Gasteiger partial charge in [-0.05, 0) is 49.8 Å². The topological polar surface area (TPSA) is 69.6 Å². The van der Waals surface area contributed by atoms with Crippen LogP contribution in [0.25, 0.3) is 0 Å². The van der Waals surface area contributed by atoms with Crippen molar-refractivity contribution in [3.63, 3.8) is 0 Å². The van der Waals surface area contributed by atoms with Crippen LogP contribution >= 0.6 is 11.6 Å². The van der Waals surface area contributed by atoms with E-state index in [9.17, 15) is 9.59 Å². The minimum atomic E-state index is -1.08. The van der Waals surface area contributed by atoms with E-state index in [-0.39, 0.29) is 16.6 Å². The zero-order chi connectivity index (χ0) is 15.0. The smallest absolute Gasteiger partial charge is 0.337 e. The number of hydrogen-bond donors (Lipinski definition) is 2. The molecule has 0 aliphatic heterocycles. The fraction of sp³-hybridized carbons (Fsp3) is 0.467. The zero-order valence-electron chi connectivity index (χ0n) is 11.5. The van der Waals surface area contributed by atoms with E-state index in [1.165, 1.54) is 25.0 Å². The molecular formula is C15H17ClN2O3. The average Bonchev–Trinajstić information content (AvgIpc) is 3.28. The van der Waals surface area contributed by atoms with E-state index >= 15 is 0 Å². The van der Waals surface area contributed by atoms with Gasteiger partial charge in [0, 0.05) is 18.3 Å². The third-order valence-corrected chi connectivity index (χ3v) is 4.16. The van der Waals surface area contributed by atoms with Crippen molar-refractivity contribution in [2.24, 2.45) is 5.92 Å². The Morgan fingerprint density at radius 1 is 1.29 bits per heavy atom. The number of carbonyl (C=O) groups excluding carboxylic acids is 1. The number of rotatable bonds is 5. The molecule has 2 aliphatic rings. The number of nitrogens with one attached hydrogen (secondary N) is 1. The van der Waals surface area contributed by atoms with Crippen molar-refractivity contribution in [3.8, 4) is 0 Å². The highest BCUT2D eigenvalue weighted by Crippen LogP contribution is 2.35. The van der Waals surface area contributed by atoms with Gasteiger partial charge >= 0.3 is 12.0 Å². The molecule has 0 spiro atoms. The minimum absolute atomic E-state index is 0.0340. The summed E-state index contributed by atoms with van der Waals surface area (Å²) in [4.78, 5) is 25.2. The summed E-state index contributed by atoms with van der Waals surface area (Å²) in [5, 5.41) is 11.9. The van der Waals surface area contributed by atoms with Gasteiger partial charge in [0.2, 0.25) is 0 Å². The number of hydrogen-bond acceptors (Lipinski definition) is 2. The molecule has 21 heavy (non-hydrogen) atoms. The first-order valence-corrected chi connectivity index (χ1v) is 7.53. The summed E-state index contributed by atoms with van der Waals surface area (Å²) >= 11 is 5.91. The van der Waals surface area contributed by atoms with Gasteiger partial charge in [-0.2, -0.15) is 0 Å². The van der Waals surface area contributed by atoms with Gasteiger partial charge < -0.3 is 15.3 Å². The third-order valence-electron chi connectivity index (χ3n) is 3.85. The highest BCUT2D eigenvalue weighted by atomic mass is 35.5. The highest BCUT2D eigenvalue weighted by molar-refractivity contribution is 6.33. The van der Waals surface area contributed by atoms with Crippen LogP contribution in [0.1, 0.15) is 36.0 Å². The maximum absolute atomic E-state index is 12.3. The monoisotopic (exact) mass is 308 g/mol. The van der Waals surface area contributed by atoms with Crippen LogP contribution in [-0.4, -0.2) is 34.6 Å². The molecule has 2 N–H and O–H groups in total. The van der Waals surface area contributed by atoms with Gasteiger partial charge in [-0.1, -0.05) is 11.6 Å². The lowest BCUT2D eigenvalue weighted by atomic mass is 10.2. The fourth-order valence-electron chi connectivity index (χ4n) is 2.32. The Kier molecular flexibility index (Phi) is 3.76. The molecule has 2 saturated carbocycles. The number of benzene rings is 1. The maximum atomic E-state index is 12.3. The summed E-state index contributed by atoms with van der Waals surface area (Å²) in [5.41, 5.74) is 0.558. The maximum Gasteiger partial charge on any atom is 0.337 e. The quantitative estimate of drug-likeness (QED) is 0.875. The van der Waals surface area contributed by atoms with E-state index in [1.54, 1.807) is 6.07 Å². The van der Waals surface area contributed by atoms with Gasteiger partial charge in [-0.25, -0.2) is 9.59 Å². The molecule has 0 saturated heterocycles. The number of halogens is 1. The molecule has 0 atom stereocenters. The Morgan fingerprint density at radius 2 is 2.00 bits per heavy atom. The van der Waals surface area contributed by atoms with E-state index in [1.807, 2.05) is 4.90 Å². The summed E-state index contributed by atoms with van der Waals surface area (Å²) in [7, 11) is 0. The van der Waals surface area contributed by atoms with Crippen molar-refractivity contribution >= 4 is 29.3 Å². The van der Waals surface area contributed by atoms with Crippen molar-refractivity contribution in [1.82, 2.24) is 4.90 Å². The lowest BCUT2D eigenvalue weighted by molar-refractivity contribution is 0.0697. The van der Waals surface area contributed by atoms with Crippen LogP contribution in [0.15, 0.2) is 18.2 Å². The minimum Gasteiger partial charge on any atom is -0.478 e. The number of anilines is 1. The molecule has 0 bridgehead atoms. The first-order chi connectivity index (χ1) is 10.0. The summed E-state index contributed by atoms with van der Waals surface area (Å²) in [5.74, 6) is -0.430. The Hall–Kier alpha value is -1.75. The third kappa shape index (κ3) is 3.47. The highest BCUT2D eigenvalue weighted by Gasteiger charge is 2.36. The van der Waals surface area contributed by atoms with E-state index in [2.05, 4.69) is 5.32 Å². The van der Waals surface area contributed by atoms with Gasteiger partial charge in [-0.3, -0.25) is 0 Å². The van der Waals surface area contributed by atoms with Gasteiger partial charge in [0.05, 0.1) is 10.6 Å². The molecule has 0 heterocycles. The van der Waals surface area contributed by atoms with Crippen LogP contribution in [0.2, 0.25) is 5.02 Å². The second-order valence-electron chi connectivity index (χ2n) is 5.76. The normalized spacial score (nSPS) is 17.4. The van der Waals surface area contributed by atoms with Gasteiger partial charge in [0.15, 0.2) is 0 Å². The molecule has 2 fully saturated rings. The molecule has 3 rings (SSSR count). The Morgan fingerprint density at radius 3 is 2.52 bits per heavy atom. The van der Waals surface area contributed by atoms with Crippen LogP contribution in [0.4, 0.5) is 10.5 Å².